The van der Waals surface area contributed by atoms with E-state index in [0.717, 1.165) is 23.8 Å². The van der Waals surface area contributed by atoms with Gasteiger partial charge in [0.25, 0.3) is 11.5 Å². The van der Waals surface area contributed by atoms with Crippen molar-refractivity contribution in [3.8, 4) is 5.75 Å². The van der Waals surface area contributed by atoms with Gasteiger partial charge in [0.1, 0.15) is 12.9 Å². The number of hydrogen-bond acceptors (Lipinski definition) is 9. The fraction of sp³-hybridized carbons (Fsp3) is 0.424. The van der Waals surface area contributed by atoms with E-state index in [9.17, 15) is 32.7 Å². The molecule has 4 heterocycles. The molecule has 50 heavy (non-hydrogen) atoms. The Morgan fingerprint density at radius 1 is 1.24 bits per heavy atom. The fourth-order valence-electron chi connectivity index (χ4n) is 6.50. The number of carbonyl (C=O) groups excluding carboxylic acids is 2. The summed E-state index contributed by atoms with van der Waals surface area (Å²) in [6.07, 6.45) is -0.242. The van der Waals surface area contributed by atoms with Crippen molar-refractivity contribution in [3.63, 3.8) is 0 Å². The quantitative estimate of drug-likeness (QED) is 0.252. The van der Waals surface area contributed by atoms with Crippen LogP contribution in [0.2, 0.25) is 5.02 Å². The van der Waals surface area contributed by atoms with Crippen LogP contribution >= 0.6 is 11.6 Å². The number of aromatic nitrogens is 6. The lowest BCUT2D eigenvalue weighted by Crippen LogP contribution is -2.34. The van der Waals surface area contributed by atoms with E-state index >= 15 is 0 Å². The van der Waals surface area contributed by atoms with Gasteiger partial charge in [-0.1, -0.05) is 24.6 Å². The Morgan fingerprint density at radius 2 is 2.02 bits per heavy atom. The molecule has 3 aromatic heterocycles. The van der Waals surface area contributed by atoms with Gasteiger partial charge in [-0.3, -0.25) is 14.4 Å². The topological polar surface area (TPSA) is 157 Å². The average molecular weight is 715 g/mol. The highest BCUT2D eigenvalue weighted by Gasteiger charge is 2.37. The highest BCUT2D eigenvalue weighted by Crippen LogP contribution is 2.39. The minimum atomic E-state index is -4.61. The molecular weight excluding hydrogens is 681 g/mol. The summed E-state index contributed by atoms with van der Waals surface area (Å²) >= 11 is 6.11. The van der Waals surface area contributed by atoms with Gasteiger partial charge < -0.3 is 24.6 Å². The first-order chi connectivity index (χ1) is 23.8. The fourth-order valence-corrected chi connectivity index (χ4v) is 6.73. The van der Waals surface area contributed by atoms with Crippen LogP contribution in [0.1, 0.15) is 71.4 Å². The molecule has 13 nitrogen and oxygen atoms in total. The number of fused-ring (bicyclic) bond motifs is 2. The molecule has 2 unspecified atom stereocenters. The predicted octanol–water partition coefficient (Wildman–Crippen LogP) is 4.64. The van der Waals surface area contributed by atoms with E-state index in [1.54, 1.807) is 18.4 Å². The number of halogens is 4. The Morgan fingerprint density at radius 3 is 2.70 bits per heavy atom. The van der Waals surface area contributed by atoms with E-state index in [4.69, 9.17) is 16.3 Å². The largest absolute Gasteiger partial charge is 0.504 e. The number of rotatable bonds is 9. The first-order valence-corrected chi connectivity index (χ1v) is 16.4. The Hall–Kier alpha value is -4.83. The molecule has 0 saturated heterocycles. The highest BCUT2D eigenvalue weighted by atomic mass is 35.5. The Labute approximate surface area is 288 Å². The van der Waals surface area contributed by atoms with E-state index in [0.29, 0.717) is 56.1 Å². The molecule has 2 atom stereocenters. The van der Waals surface area contributed by atoms with Crippen molar-refractivity contribution < 1.29 is 32.6 Å². The molecule has 6 rings (SSSR count). The summed E-state index contributed by atoms with van der Waals surface area (Å²) < 4.78 is 47.8. The maximum Gasteiger partial charge on any atom is 0.416 e. The van der Waals surface area contributed by atoms with Crippen LogP contribution < -0.4 is 10.9 Å². The standard InChI is InChI=1S/C33H34ClF3N8O5/c1-4-43(31(49)27-28(47)18(3)38-16-39-27)10-7-21-17(2)13-24-26(21)30(48)45-32(41-29(42-45)19-8-11-50-12-9-19)44(24)15-25(46)40-23-6-5-20(14-22(23)34)33(35,36)37/h5-6,8,14,16-17,21,47H,4,7,9-13,15H2,1-3H3,(H,40,46). The van der Waals surface area contributed by atoms with Crippen LogP contribution in [0.15, 0.2) is 35.4 Å². The number of carbonyl (C=O) groups is 2. The molecule has 1 aliphatic heterocycles. The highest BCUT2D eigenvalue weighted by molar-refractivity contribution is 6.33. The third-order valence-corrected chi connectivity index (χ3v) is 9.49. The van der Waals surface area contributed by atoms with Crippen LogP contribution in [0.25, 0.3) is 11.4 Å². The normalized spacial score (nSPS) is 17.5. The first kappa shape index (κ1) is 35.0. The number of aryl methyl sites for hydroxylation is 1. The van der Waals surface area contributed by atoms with E-state index in [1.165, 1.54) is 15.7 Å². The number of nitrogens with one attached hydrogen (secondary N) is 1. The number of amides is 2. The minimum Gasteiger partial charge on any atom is -0.504 e. The van der Waals surface area contributed by atoms with Gasteiger partial charge in [-0.2, -0.15) is 22.7 Å². The zero-order valence-electron chi connectivity index (χ0n) is 27.4. The summed E-state index contributed by atoms with van der Waals surface area (Å²) in [6.45, 7) is 6.38. The monoisotopic (exact) mass is 714 g/mol. The smallest absolute Gasteiger partial charge is 0.416 e. The van der Waals surface area contributed by atoms with Crippen LogP contribution in [0.5, 0.6) is 5.75 Å². The van der Waals surface area contributed by atoms with E-state index in [2.05, 4.69) is 25.4 Å². The van der Waals surface area contributed by atoms with E-state index in [-0.39, 0.29) is 58.6 Å². The zero-order valence-corrected chi connectivity index (χ0v) is 28.2. The molecule has 264 valence electrons. The molecule has 0 bridgehead atoms. The molecule has 0 fully saturated rings. The number of alkyl halides is 3. The second-order valence-electron chi connectivity index (χ2n) is 12.3. The molecule has 2 N–H and O–H groups in total. The molecular formula is C33H34ClF3N8O5. The van der Waals surface area contributed by atoms with Gasteiger partial charge in [0.15, 0.2) is 17.3 Å². The van der Waals surface area contributed by atoms with Crippen LogP contribution in [0, 0.1) is 12.8 Å². The van der Waals surface area contributed by atoms with E-state index < -0.39 is 29.1 Å². The summed E-state index contributed by atoms with van der Waals surface area (Å²) in [6, 6.07) is 2.65. The minimum absolute atomic E-state index is 0.00613. The molecule has 0 spiro atoms. The number of anilines is 1. The second-order valence-corrected chi connectivity index (χ2v) is 12.7. The molecule has 1 aliphatic carbocycles. The molecule has 2 aliphatic rings. The lowest BCUT2D eigenvalue weighted by molar-refractivity contribution is -0.137. The van der Waals surface area contributed by atoms with Gasteiger partial charge in [0, 0.05) is 24.3 Å². The third-order valence-electron chi connectivity index (χ3n) is 9.17. The maximum absolute atomic E-state index is 14.2. The van der Waals surface area contributed by atoms with Crippen LogP contribution in [0.4, 0.5) is 18.9 Å². The summed E-state index contributed by atoms with van der Waals surface area (Å²) in [5, 5.41) is 17.3. The molecule has 4 aromatic rings. The summed E-state index contributed by atoms with van der Waals surface area (Å²) in [5.41, 5.74) is 0.614. The van der Waals surface area contributed by atoms with Crippen molar-refractivity contribution in [2.75, 3.05) is 31.6 Å². The number of aromatic hydroxyl groups is 1. The maximum atomic E-state index is 14.2. The number of ether oxygens (including phenoxy) is 1. The van der Waals surface area contributed by atoms with Gasteiger partial charge in [-0.05, 0) is 68.7 Å². The zero-order chi connectivity index (χ0) is 35.9. The number of nitrogens with zero attached hydrogens (tertiary/aromatic N) is 7. The number of hydrogen-bond donors (Lipinski definition) is 2. The van der Waals surface area contributed by atoms with Crippen LogP contribution in [0.3, 0.4) is 0 Å². The Balaban J connectivity index is 1.35. The lowest BCUT2D eigenvalue weighted by Gasteiger charge is -2.24. The average Bonchev–Trinajstić information content (AvgIpc) is 3.67. The van der Waals surface area contributed by atoms with Crippen LogP contribution in [-0.2, 0) is 28.7 Å². The van der Waals surface area contributed by atoms with Crippen molar-refractivity contribution in [2.24, 2.45) is 5.92 Å². The van der Waals surface area contributed by atoms with E-state index in [1.807, 2.05) is 13.0 Å². The summed E-state index contributed by atoms with van der Waals surface area (Å²) in [4.78, 5) is 55.1. The first-order valence-electron chi connectivity index (χ1n) is 16.0. The SMILES string of the molecule is CCN(CCC1c2c(n(CC(=O)Nc3ccc(C(F)(F)F)cc3Cl)c3nc(C4=CCOCC4)nn3c2=O)CC1C)C(=O)c1ncnc(C)c1O. The van der Waals surface area contributed by atoms with Gasteiger partial charge in [-0.25, -0.2) is 9.97 Å². The van der Waals surface area contributed by atoms with Gasteiger partial charge in [-0.15, -0.1) is 5.10 Å². The van der Waals surface area contributed by atoms with Gasteiger partial charge in [0.05, 0.1) is 35.2 Å². The Bertz CT molecular complexity index is 2080. The van der Waals surface area contributed by atoms with Crippen molar-refractivity contribution in [2.45, 2.75) is 58.7 Å². The molecule has 2 amide bonds. The summed E-state index contributed by atoms with van der Waals surface area (Å²) in [5.74, 6) is -1.33. The molecule has 17 heteroatoms. The second kappa shape index (κ2) is 13.8. The predicted molar refractivity (Wildman–Crippen MR) is 176 cm³/mol. The van der Waals surface area contributed by atoms with Crippen molar-refractivity contribution >= 4 is 40.5 Å². The molecule has 1 aromatic carbocycles. The summed E-state index contributed by atoms with van der Waals surface area (Å²) in [7, 11) is 0. The van der Waals surface area contributed by atoms with Crippen molar-refractivity contribution in [3.05, 3.63) is 80.0 Å². The Kier molecular flexibility index (Phi) is 9.68. The van der Waals surface area contributed by atoms with Crippen molar-refractivity contribution in [1.82, 2.24) is 34.0 Å². The lowest BCUT2D eigenvalue weighted by atomic mass is 9.91. The number of benzene rings is 1. The molecule has 0 saturated carbocycles. The van der Waals surface area contributed by atoms with Crippen LogP contribution in [-0.4, -0.2) is 77.3 Å². The van der Waals surface area contributed by atoms with Crippen molar-refractivity contribution in [1.29, 1.82) is 0 Å². The van der Waals surface area contributed by atoms with Gasteiger partial charge in [0.2, 0.25) is 11.7 Å². The molecule has 0 radical (unpaired) electrons. The van der Waals surface area contributed by atoms with Gasteiger partial charge >= 0.3 is 6.18 Å². The third kappa shape index (κ3) is 6.68.